The zero-order chi connectivity index (χ0) is 36.9. The third-order valence-electron chi connectivity index (χ3n) is 8.54. The van der Waals surface area contributed by atoms with E-state index in [1.807, 2.05) is 60.7 Å². The summed E-state index contributed by atoms with van der Waals surface area (Å²) in [6.45, 7) is 4.51. The van der Waals surface area contributed by atoms with Crippen molar-refractivity contribution in [3.05, 3.63) is 106 Å². The Morgan fingerprint density at radius 3 is 1.64 bits per heavy atom. The van der Waals surface area contributed by atoms with Crippen LogP contribution >= 0.6 is 35.3 Å². The first kappa shape index (κ1) is 35.7. The fourth-order valence-corrected chi connectivity index (χ4v) is 9.17. The van der Waals surface area contributed by atoms with Gasteiger partial charge in [-0.25, -0.2) is 8.78 Å². The minimum absolute atomic E-state index is 0.0180. The Labute approximate surface area is 318 Å². The first-order valence-electron chi connectivity index (χ1n) is 16.6. The lowest BCUT2D eigenvalue weighted by atomic mass is 9.94. The maximum atomic E-state index is 15.2. The molecular formula is C42H28F2N4O2S3. The zero-order valence-corrected chi connectivity index (χ0v) is 30.9. The molecule has 2 heterocycles. The molecule has 11 heteroatoms. The molecule has 0 saturated heterocycles. The summed E-state index contributed by atoms with van der Waals surface area (Å²) in [6, 6.07) is 28.8. The number of nitrogens with zero attached hydrogens (tertiary/aromatic N) is 4. The Morgan fingerprint density at radius 1 is 0.698 bits per heavy atom. The van der Waals surface area contributed by atoms with Gasteiger partial charge in [0.05, 0.1) is 22.6 Å². The van der Waals surface area contributed by atoms with Gasteiger partial charge in [-0.15, -0.1) is 5.92 Å². The molecule has 6 aromatic rings. The van der Waals surface area contributed by atoms with Crippen molar-refractivity contribution in [3.63, 3.8) is 0 Å². The first-order valence-corrected chi connectivity index (χ1v) is 19.0. The highest BCUT2D eigenvalue weighted by Gasteiger charge is 2.32. The van der Waals surface area contributed by atoms with E-state index in [1.165, 1.54) is 35.7 Å². The number of unbranched alkanes of at least 4 members (excludes halogenated alkanes) is 1. The SMILES string of the molecule is CC#CCOc1ccc(-c2ccc(-c3c4c(c(-c5ccc(-c6ccc(OCCCC)cc6F)cc5)c5nsnc35)SC(=C(C#N)C#N)S4)cc2)c(F)c1. The quantitative estimate of drug-likeness (QED) is 0.0775. The molecule has 0 bridgehead atoms. The molecule has 0 saturated carbocycles. The van der Waals surface area contributed by atoms with Gasteiger partial charge < -0.3 is 9.47 Å². The van der Waals surface area contributed by atoms with Gasteiger partial charge in [0.2, 0.25) is 0 Å². The van der Waals surface area contributed by atoms with Gasteiger partial charge in [-0.3, -0.25) is 0 Å². The van der Waals surface area contributed by atoms with Crippen molar-refractivity contribution in [3.8, 4) is 80.0 Å². The molecule has 5 aromatic carbocycles. The number of rotatable bonds is 10. The number of nitriles is 2. The predicted octanol–water partition coefficient (Wildman–Crippen LogP) is 11.7. The molecule has 1 aliphatic rings. The molecule has 0 fully saturated rings. The highest BCUT2D eigenvalue weighted by molar-refractivity contribution is 8.25. The third-order valence-corrected chi connectivity index (χ3v) is 11.7. The molecule has 1 aliphatic heterocycles. The Morgan fingerprint density at radius 2 is 1.19 bits per heavy atom. The van der Waals surface area contributed by atoms with Crippen molar-refractivity contribution >= 4 is 46.3 Å². The van der Waals surface area contributed by atoms with Crippen LogP contribution in [0.5, 0.6) is 11.5 Å². The third kappa shape index (κ3) is 7.23. The van der Waals surface area contributed by atoms with Gasteiger partial charge in [-0.1, -0.05) is 91.3 Å². The summed E-state index contributed by atoms with van der Waals surface area (Å²) < 4.78 is 51.6. The normalized spacial score (nSPS) is 11.7. The number of benzene rings is 5. The van der Waals surface area contributed by atoms with Gasteiger partial charge in [-0.05, 0) is 59.9 Å². The van der Waals surface area contributed by atoms with Crippen LogP contribution in [0, 0.1) is 46.1 Å². The summed E-state index contributed by atoms with van der Waals surface area (Å²) in [4.78, 5) is 1.68. The molecule has 0 spiro atoms. The summed E-state index contributed by atoms with van der Waals surface area (Å²) in [5, 5.41) is 19.6. The fraction of sp³-hybridized carbons (Fsp3) is 0.143. The van der Waals surface area contributed by atoms with Crippen LogP contribution in [0.4, 0.5) is 8.78 Å². The van der Waals surface area contributed by atoms with Gasteiger partial charge in [0.1, 0.15) is 58.5 Å². The molecule has 0 atom stereocenters. The average Bonchev–Trinajstić information content (AvgIpc) is 3.83. The van der Waals surface area contributed by atoms with Gasteiger partial charge in [-0.2, -0.15) is 19.3 Å². The molecule has 0 unspecified atom stereocenters. The molecular weight excluding hydrogens is 727 g/mol. The monoisotopic (exact) mass is 754 g/mol. The van der Waals surface area contributed by atoms with Gasteiger partial charge in [0.15, 0.2) is 0 Å². The van der Waals surface area contributed by atoms with Crippen molar-refractivity contribution in [2.45, 2.75) is 36.5 Å². The molecule has 0 N–H and O–H groups in total. The van der Waals surface area contributed by atoms with Crippen LogP contribution in [0.3, 0.4) is 0 Å². The van der Waals surface area contributed by atoms with Crippen molar-refractivity contribution in [2.24, 2.45) is 0 Å². The zero-order valence-electron chi connectivity index (χ0n) is 28.5. The molecule has 0 radical (unpaired) electrons. The van der Waals surface area contributed by atoms with E-state index in [4.69, 9.17) is 18.2 Å². The maximum absolute atomic E-state index is 15.2. The second-order valence-corrected chi connectivity index (χ2v) is 14.6. The first-order chi connectivity index (χ1) is 25.9. The number of halogens is 2. The summed E-state index contributed by atoms with van der Waals surface area (Å²) in [5.74, 6) is 5.66. The summed E-state index contributed by atoms with van der Waals surface area (Å²) in [7, 11) is 0. The van der Waals surface area contributed by atoms with Gasteiger partial charge in [0, 0.05) is 44.2 Å². The van der Waals surface area contributed by atoms with Crippen LogP contribution in [0.15, 0.2) is 105 Å². The van der Waals surface area contributed by atoms with Crippen molar-refractivity contribution in [1.82, 2.24) is 8.75 Å². The number of fused-ring (bicyclic) bond motifs is 2. The van der Waals surface area contributed by atoms with E-state index in [9.17, 15) is 10.5 Å². The second kappa shape index (κ2) is 15.9. The molecule has 6 nitrogen and oxygen atoms in total. The van der Waals surface area contributed by atoms with Crippen LogP contribution < -0.4 is 9.47 Å². The fourth-order valence-electron chi connectivity index (χ4n) is 5.91. The van der Waals surface area contributed by atoms with Crippen LogP contribution in [-0.4, -0.2) is 22.0 Å². The molecule has 0 aliphatic carbocycles. The Kier molecular flexibility index (Phi) is 10.8. The number of allylic oxidation sites excluding steroid dienone is 1. The number of hydrogen-bond acceptors (Lipinski definition) is 9. The highest BCUT2D eigenvalue weighted by atomic mass is 32.2. The molecule has 53 heavy (non-hydrogen) atoms. The van der Waals surface area contributed by atoms with E-state index in [0.29, 0.717) is 55.6 Å². The van der Waals surface area contributed by atoms with Crippen LogP contribution in [0.1, 0.15) is 26.7 Å². The number of aromatic nitrogens is 2. The van der Waals surface area contributed by atoms with Crippen LogP contribution in [0.25, 0.3) is 55.5 Å². The number of hydrogen-bond donors (Lipinski definition) is 0. The van der Waals surface area contributed by atoms with Gasteiger partial charge >= 0.3 is 0 Å². The summed E-state index contributed by atoms with van der Waals surface area (Å²) in [6.07, 6.45) is 1.89. The minimum Gasteiger partial charge on any atom is -0.493 e. The highest BCUT2D eigenvalue weighted by Crippen LogP contribution is 2.60. The standard InChI is InChI=1S/C42H28F2N4O2S3/c1-3-5-19-49-30-15-17-32(34(43)21-30)25-7-11-27(12-8-25)36-38-39(48-53-47-38)37(41-40(36)51-42(52-41)29(23-45)24-46)28-13-9-26(10-14-28)33-18-16-31(22-35(33)44)50-20-6-4-2/h7-18,21-22H,3,5,19-20H2,1-2H3. The lowest BCUT2D eigenvalue weighted by Crippen LogP contribution is -1.97. The molecule has 260 valence electrons. The van der Waals surface area contributed by atoms with Crippen LogP contribution in [0.2, 0.25) is 0 Å². The smallest absolute Gasteiger partial charge is 0.150 e. The molecule has 0 amide bonds. The Hall–Kier alpha value is -5.64. The summed E-state index contributed by atoms with van der Waals surface area (Å²) >= 11 is 3.80. The topological polar surface area (TPSA) is 91.8 Å². The summed E-state index contributed by atoms with van der Waals surface area (Å²) in [5.41, 5.74) is 6.89. The maximum Gasteiger partial charge on any atom is 0.150 e. The predicted molar refractivity (Wildman–Crippen MR) is 208 cm³/mol. The van der Waals surface area contributed by atoms with Crippen molar-refractivity contribution in [1.29, 1.82) is 10.5 Å². The van der Waals surface area contributed by atoms with E-state index in [-0.39, 0.29) is 18.0 Å². The van der Waals surface area contributed by atoms with Gasteiger partial charge in [0.25, 0.3) is 0 Å². The van der Waals surface area contributed by atoms with E-state index >= 15 is 8.78 Å². The lowest BCUT2D eigenvalue weighted by Gasteiger charge is -2.15. The van der Waals surface area contributed by atoms with E-state index in [2.05, 4.69) is 18.8 Å². The van der Waals surface area contributed by atoms with Crippen molar-refractivity contribution < 1.29 is 18.3 Å². The van der Waals surface area contributed by atoms with E-state index < -0.39 is 5.82 Å². The van der Waals surface area contributed by atoms with E-state index in [1.54, 1.807) is 31.2 Å². The molecule has 1 aromatic heterocycles. The number of thioether (sulfide) groups is 2. The van der Waals surface area contributed by atoms with Crippen molar-refractivity contribution in [2.75, 3.05) is 13.2 Å². The lowest BCUT2D eigenvalue weighted by molar-refractivity contribution is 0.308. The number of ether oxygens (including phenoxy) is 2. The average molecular weight is 755 g/mol. The second-order valence-electron chi connectivity index (χ2n) is 11.8. The Balaban J connectivity index is 1.28. The largest absolute Gasteiger partial charge is 0.493 e. The molecule has 7 rings (SSSR count). The minimum atomic E-state index is -0.416. The van der Waals surface area contributed by atoms with E-state index in [0.717, 1.165) is 56.6 Å². The van der Waals surface area contributed by atoms with Crippen LogP contribution in [-0.2, 0) is 0 Å². The Bertz CT molecular complexity index is 2530.